The van der Waals surface area contributed by atoms with Gasteiger partial charge in [-0.2, -0.15) is 0 Å². The molecule has 2 atom stereocenters. The number of nitrogens with zero attached hydrogens (tertiary/aromatic N) is 2. The first kappa shape index (κ1) is 14.8. The van der Waals surface area contributed by atoms with Crippen molar-refractivity contribution in [1.29, 1.82) is 0 Å². The van der Waals surface area contributed by atoms with Gasteiger partial charge in [-0.15, -0.1) is 11.8 Å². The van der Waals surface area contributed by atoms with E-state index in [9.17, 15) is 14.7 Å². The standard InChI is InChI=1S/C13H16N2O4S/c1-19-8-6-10(13(17)18)15(7-8)12(16)9-4-3-5-14-11(9)20-2/h3-5,8,10H,6-7H2,1-2H3,(H,17,18). The third-order valence-corrected chi connectivity index (χ3v) is 4.05. The minimum atomic E-state index is -1.01. The maximum atomic E-state index is 12.6. The number of rotatable bonds is 4. The van der Waals surface area contributed by atoms with Crippen molar-refractivity contribution in [3.05, 3.63) is 23.9 Å². The number of methoxy groups -OCH3 is 1. The van der Waals surface area contributed by atoms with E-state index in [2.05, 4.69) is 4.98 Å². The third-order valence-electron chi connectivity index (χ3n) is 3.34. The molecule has 2 rings (SSSR count). The van der Waals surface area contributed by atoms with Crippen LogP contribution in [0.25, 0.3) is 0 Å². The summed E-state index contributed by atoms with van der Waals surface area (Å²) in [6.07, 6.45) is 3.51. The number of hydrogen-bond acceptors (Lipinski definition) is 5. The average molecular weight is 296 g/mol. The van der Waals surface area contributed by atoms with Crippen molar-refractivity contribution in [2.24, 2.45) is 0 Å². The lowest BCUT2D eigenvalue weighted by molar-refractivity contribution is -0.141. The molecular formula is C13H16N2O4S. The quantitative estimate of drug-likeness (QED) is 0.839. The Morgan fingerprint density at radius 2 is 2.30 bits per heavy atom. The van der Waals surface area contributed by atoms with Crippen molar-refractivity contribution >= 4 is 23.6 Å². The van der Waals surface area contributed by atoms with Crippen LogP contribution in [-0.2, 0) is 9.53 Å². The maximum absolute atomic E-state index is 12.6. The van der Waals surface area contributed by atoms with Crippen LogP contribution < -0.4 is 0 Å². The summed E-state index contributed by atoms with van der Waals surface area (Å²) in [5, 5.41) is 9.85. The fourth-order valence-electron chi connectivity index (χ4n) is 2.30. The van der Waals surface area contributed by atoms with Gasteiger partial charge in [-0.3, -0.25) is 4.79 Å². The van der Waals surface area contributed by atoms with Gasteiger partial charge in [0.05, 0.1) is 11.7 Å². The smallest absolute Gasteiger partial charge is 0.326 e. The Hall–Kier alpha value is -1.60. The van der Waals surface area contributed by atoms with Gasteiger partial charge in [-0.1, -0.05) is 0 Å². The molecule has 2 unspecified atom stereocenters. The molecule has 1 fully saturated rings. The number of amides is 1. The van der Waals surface area contributed by atoms with E-state index < -0.39 is 12.0 Å². The number of likely N-dealkylation sites (tertiary alicyclic amines) is 1. The number of carboxylic acid groups (broad SMARTS) is 1. The molecular weight excluding hydrogens is 280 g/mol. The number of ether oxygens (including phenoxy) is 1. The molecule has 108 valence electrons. The number of carboxylic acids is 1. The fourth-order valence-corrected chi connectivity index (χ4v) is 2.84. The van der Waals surface area contributed by atoms with E-state index in [1.807, 2.05) is 6.26 Å². The Labute approximate surface area is 121 Å². The van der Waals surface area contributed by atoms with Gasteiger partial charge >= 0.3 is 5.97 Å². The minimum absolute atomic E-state index is 0.241. The highest BCUT2D eigenvalue weighted by atomic mass is 32.2. The number of aliphatic carboxylic acids is 1. The zero-order valence-corrected chi connectivity index (χ0v) is 12.1. The van der Waals surface area contributed by atoms with Crippen molar-refractivity contribution in [2.45, 2.75) is 23.6 Å². The molecule has 1 saturated heterocycles. The van der Waals surface area contributed by atoms with Crippen LogP contribution >= 0.6 is 11.8 Å². The van der Waals surface area contributed by atoms with Crippen molar-refractivity contribution in [1.82, 2.24) is 9.88 Å². The van der Waals surface area contributed by atoms with E-state index in [0.717, 1.165) is 0 Å². The first-order valence-electron chi connectivity index (χ1n) is 6.14. The topological polar surface area (TPSA) is 79.7 Å². The van der Waals surface area contributed by atoms with Crippen molar-refractivity contribution in [3.63, 3.8) is 0 Å². The molecule has 1 aromatic rings. The summed E-state index contributed by atoms with van der Waals surface area (Å²) >= 11 is 1.36. The molecule has 1 aliphatic heterocycles. The van der Waals surface area contributed by atoms with Gasteiger partial charge in [0.25, 0.3) is 5.91 Å². The summed E-state index contributed by atoms with van der Waals surface area (Å²) in [6.45, 7) is 0.287. The summed E-state index contributed by atoms with van der Waals surface area (Å²) in [6, 6.07) is 2.50. The van der Waals surface area contributed by atoms with Crippen molar-refractivity contribution in [2.75, 3.05) is 19.9 Å². The van der Waals surface area contributed by atoms with Gasteiger partial charge in [0.2, 0.25) is 0 Å². The molecule has 0 aliphatic carbocycles. The van der Waals surface area contributed by atoms with Crippen LogP contribution in [0.1, 0.15) is 16.8 Å². The molecule has 1 aromatic heterocycles. The van der Waals surface area contributed by atoms with Crippen molar-refractivity contribution < 1.29 is 19.4 Å². The van der Waals surface area contributed by atoms with Crippen LogP contribution in [0.5, 0.6) is 0 Å². The summed E-state index contributed by atoms with van der Waals surface area (Å²) < 4.78 is 5.19. The van der Waals surface area contributed by atoms with Crippen molar-refractivity contribution in [3.8, 4) is 0 Å². The number of pyridine rings is 1. The monoisotopic (exact) mass is 296 g/mol. The predicted octanol–water partition coefficient (Wildman–Crippen LogP) is 1.12. The van der Waals surface area contributed by atoms with Crippen LogP contribution in [0.3, 0.4) is 0 Å². The van der Waals surface area contributed by atoms with Crippen LogP contribution in [0.4, 0.5) is 0 Å². The molecule has 0 radical (unpaired) electrons. The van der Waals surface area contributed by atoms with E-state index in [4.69, 9.17) is 4.74 Å². The zero-order chi connectivity index (χ0) is 14.7. The second-order valence-electron chi connectivity index (χ2n) is 4.47. The minimum Gasteiger partial charge on any atom is -0.480 e. The zero-order valence-electron chi connectivity index (χ0n) is 11.3. The highest BCUT2D eigenvalue weighted by Crippen LogP contribution is 2.25. The van der Waals surface area contributed by atoms with Crippen LogP contribution in [0.2, 0.25) is 0 Å². The van der Waals surface area contributed by atoms with Gasteiger partial charge in [0.1, 0.15) is 11.1 Å². The van der Waals surface area contributed by atoms with Gasteiger partial charge in [-0.05, 0) is 18.4 Å². The maximum Gasteiger partial charge on any atom is 0.326 e. The van der Waals surface area contributed by atoms with Gasteiger partial charge < -0.3 is 14.7 Å². The number of hydrogen-bond donors (Lipinski definition) is 1. The molecule has 1 amide bonds. The first-order chi connectivity index (χ1) is 9.58. The highest BCUT2D eigenvalue weighted by molar-refractivity contribution is 7.98. The lowest BCUT2D eigenvalue weighted by Gasteiger charge is -2.21. The molecule has 0 bridgehead atoms. The van der Waals surface area contributed by atoms with Gasteiger partial charge in [-0.25, -0.2) is 9.78 Å². The fraction of sp³-hybridized carbons (Fsp3) is 0.462. The Morgan fingerprint density at radius 1 is 1.55 bits per heavy atom. The summed E-state index contributed by atoms with van der Waals surface area (Å²) in [7, 11) is 1.52. The van der Waals surface area contributed by atoms with Crippen LogP contribution in [0.15, 0.2) is 23.4 Å². The second kappa shape index (κ2) is 6.23. The highest BCUT2D eigenvalue weighted by Gasteiger charge is 2.40. The van der Waals surface area contributed by atoms with E-state index in [1.54, 1.807) is 18.3 Å². The Bertz CT molecular complexity index is 523. The molecule has 1 N–H and O–H groups in total. The molecule has 20 heavy (non-hydrogen) atoms. The lowest BCUT2D eigenvalue weighted by atomic mass is 10.2. The van der Waals surface area contributed by atoms with Crippen LogP contribution in [0, 0.1) is 0 Å². The third kappa shape index (κ3) is 2.78. The van der Waals surface area contributed by atoms with E-state index in [1.165, 1.54) is 23.8 Å². The van der Waals surface area contributed by atoms with E-state index in [-0.39, 0.29) is 18.6 Å². The summed E-state index contributed by atoms with van der Waals surface area (Å²) in [4.78, 5) is 29.3. The Kier molecular flexibility index (Phi) is 4.61. The largest absolute Gasteiger partial charge is 0.480 e. The number of aromatic nitrogens is 1. The SMILES string of the molecule is COC1CC(C(=O)O)N(C(=O)c2cccnc2SC)C1. The summed E-state index contributed by atoms with van der Waals surface area (Å²) in [5.74, 6) is -1.32. The number of thioether (sulfide) groups is 1. The van der Waals surface area contributed by atoms with E-state index in [0.29, 0.717) is 17.0 Å². The number of carbonyl (C=O) groups excluding carboxylic acids is 1. The molecule has 0 saturated carbocycles. The average Bonchev–Trinajstić information content (AvgIpc) is 2.91. The van der Waals surface area contributed by atoms with Gasteiger partial charge in [0, 0.05) is 26.3 Å². The van der Waals surface area contributed by atoms with E-state index >= 15 is 0 Å². The molecule has 0 aromatic carbocycles. The number of carbonyl (C=O) groups is 2. The molecule has 2 heterocycles. The molecule has 0 spiro atoms. The Balaban J connectivity index is 2.29. The predicted molar refractivity (Wildman–Crippen MR) is 73.9 cm³/mol. The molecule has 1 aliphatic rings. The lowest BCUT2D eigenvalue weighted by Crippen LogP contribution is -2.40. The Morgan fingerprint density at radius 3 is 2.90 bits per heavy atom. The normalized spacial score (nSPS) is 22.0. The van der Waals surface area contributed by atoms with Crippen LogP contribution in [-0.4, -0.2) is 58.9 Å². The molecule has 7 heteroatoms. The second-order valence-corrected chi connectivity index (χ2v) is 5.26. The van der Waals surface area contributed by atoms with Gasteiger partial charge in [0.15, 0.2) is 0 Å². The molecule has 6 nitrogen and oxygen atoms in total. The first-order valence-corrected chi connectivity index (χ1v) is 7.36. The summed E-state index contributed by atoms with van der Waals surface area (Å²) in [5.41, 5.74) is 0.433.